The molecule has 0 spiro atoms. The highest BCUT2D eigenvalue weighted by Gasteiger charge is 2.10. The molecule has 0 unspecified atom stereocenters. The number of hydrogen-bond acceptors (Lipinski definition) is 4. The minimum atomic E-state index is -0.611. The van der Waals surface area contributed by atoms with Gasteiger partial charge < -0.3 is 16.2 Å². The van der Waals surface area contributed by atoms with E-state index in [1.807, 2.05) is 0 Å². The summed E-state index contributed by atoms with van der Waals surface area (Å²) in [6.45, 7) is 0.648. The molecule has 0 atom stereocenters. The third kappa shape index (κ3) is 4.93. The molecule has 0 bridgehead atoms. The van der Waals surface area contributed by atoms with Crippen LogP contribution in [-0.2, 0) is 0 Å². The van der Waals surface area contributed by atoms with Gasteiger partial charge in [0.1, 0.15) is 5.82 Å². The summed E-state index contributed by atoms with van der Waals surface area (Å²) in [7, 11) is 0. The van der Waals surface area contributed by atoms with Gasteiger partial charge in [0.05, 0.1) is 5.56 Å². The fraction of sp³-hybridized carbons (Fsp3) is 0.417. The number of rotatable bonds is 7. The van der Waals surface area contributed by atoms with Crippen molar-refractivity contribution in [1.82, 2.24) is 5.32 Å². The van der Waals surface area contributed by atoms with E-state index in [2.05, 4.69) is 5.32 Å². The van der Waals surface area contributed by atoms with Crippen molar-refractivity contribution in [2.45, 2.75) is 6.42 Å². The fourth-order valence-corrected chi connectivity index (χ4v) is 2.10. The standard InChI is InChI=1S/C12H17FN2O2S/c13-11-8-9(14)2-3-10(11)12(17)15-4-7-18-6-1-5-16/h2-3,8,16H,1,4-7,14H2,(H,15,17). The number of amides is 1. The molecule has 1 amide bonds. The molecule has 0 radical (unpaired) electrons. The summed E-state index contributed by atoms with van der Waals surface area (Å²) in [5.41, 5.74) is 5.70. The van der Waals surface area contributed by atoms with Crippen LogP contribution >= 0.6 is 11.8 Å². The van der Waals surface area contributed by atoms with E-state index in [0.29, 0.717) is 12.2 Å². The first-order valence-corrected chi connectivity index (χ1v) is 6.82. The zero-order valence-electron chi connectivity index (χ0n) is 9.99. The molecule has 0 aromatic heterocycles. The molecule has 0 saturated carbocycles. The van der Waals surface area contributed by atoms with Crippen LogP contribution < -0.4 is 11.1 Å². The Balaban J connectivity index is 2.32. The monoisotopic (exact) mass is 272 g/mol. The van der Waals surface area contributed by atoms with Gasteiger partial charge in [-0.3, -0.25) is 4.79 Å². The normalized spacial score (nSPS) is 10.3. The number of carbonyl (C=O) groups excluding carboxylic acids is 1. The SMILES string of the molecule is Nc1ccc(C(=O)NCCSCCCO)c(F)c1. The quantitative estimate of drug-likeness (QED) is 0.516. The number of nitrogens with two attached hydrogens (primary N) is 1. The Labute approximate surface area is 110 Å². The molecule has 1 aromatic rings. The molecule has 0 fully saturated rings. The van der Waals surface area contributed by atoms with E-state index in [0.717, 1.165) is 24.0 Å². The molecule has 0 aliphatic carbocycles. The molecular formula is C12H17FN2O2S. The van der Waals surface area contributed by atoms with Gasteiger partial charge in [0, 0.05) is 24.6 Å². The lowest BCUT2D eigenvalue weighted by molar-refractivity contribution is 0.0952. The van der Waals surface area contributed by atoms with Crippen molar-refractivity contribution in [3.63, 3.8) is 0 Å². The number of anilines is 1. The van der Waals surface area contributed by atoms with Crippen LogP contribution in [0.25, 0.3) is 0 Å². The predicted octanol–water partition coefficient (Wildman–Crippen LogP) is 1.25. The number of hydrogen-bond donors (Lipinski definition) is 3. The second-order valence-corrected chi connectivity index (χ2v) is 4.91. The summed E-state index contributed by atoms with van der Waals surface area (Å²) >= 11 is 1.63. The van der Waals surface area contributed by atoms with Crippen molar-refractivity contribution >= 4 is 23.4 Å². The Morgan fingerprint density at radius 1 is 1.44 bits per heavy atom. The van der Waals surface area contributed by atoms with Gasteiger partial charge in [-0.25, -0.2) is 4.39 Å². The third-order valence-corrected chi connectivity index (χ3v) is 3.29. The summed E-state index contributed by atoms with van der Waals surface area (Å²) in [6.07, 6.45) is 0.741. The Morgan fingerprint density at radius 2 is 2.22 bits per heavy atom. The molecule has 0 aliphatic rings. The largest absolute Gasteiger partial charge is 0.399 e. The molecule has 1 rings (SSSR count). The third-order valence-electron chi connectivity index (χ3n) is 2.22. The Morgan fingerprint density at radius 3 is 2.89 bits per heavy atom. The van der Waals surface area contributed by atoms with Gasteiger partial charge in [-0.2, -0.15) is 11.8 Å². The van der Waals surface area contributed by atoms with Gasteiger partial charge in [-0.05, 0) is 30.4 Å². The molecule has 4 nitrogen and oxygen atoms in total. The highest BCUT2D eigenvalue weighted by Crippen LogP contribution is 2.11. The zero-order valence-corrected chi connectivity index (χ0v) is 10.8. The predicted molar refractivity (Wildman–Crippen MR) is 72.2 cm³/mol. The molecule has 1 aromatic carbocycles. The van der Waals surface area contributed by atoms with Crippen LogP contribution in [0.3, 0.4) is 0 Å². The minimum absolute atomic E-state index is 0.00422. The lowest BCUT2D eigenvalue weighted by Gasteiger charge is -2.06. The van der Waals surface area contributed by atoms with E-state index in [-0.39, 0.29) is 12.2 Å². The molecule has 100 valence electrons. The highest BCUT2D eigenvalue weighted by molar-refractivity contribution is 7.99. The fourth-order valence-electron chi connectivity index (χ4n) is 1.32. The Hall–Kier alpha value is -1.27. The molecule has 4 N–H and O–H groups in total. The number of aliphatic hydroxyl groups excluding tert-OH is 1. The topological polar surface area (TPSA) is 75.4 Å². The average molecular weight is 272 g/mol. The smallest absolute Gasteiger partial charge is 0.254 e. The van der Waals surface area contributed by atoms with Gasteiger partial charge in [0.2, 0.25) is 0 Å². The van der Waals surface area contributed by atoms with Crippen LogP contribution in [0.5, 0.6) is 0 Å². The number of thioether (sulfide) groups is 1. The first-order valence-electron chi connectivity index (χ1n) is 5.67. The minimum Gasteiger partial charge on any atom is -0.399 e. The van der Waals surface area contributed by atoms with E-state index in [9.17, 15) is 9.18 Å². The summed E-state index contributed by atoms with van der Waals surface area (Å²) < 4.78 is 13.4. The molecule has 0 saturated heterocycles. The van der Waals surface area contributed by atoms with E-state index in [1.165, 1.54) is 12.1 Å². The number of carbonyl (C=O) groups is 1. The van der Waals surface area contributed by atoms with Crippen molar-refractivity contribution in [3.05, 3.63) is 29.6 Å². The van der Waals surface area contributed by atoms with Crippen molar-refractivity contribution in [3.8, 4) is 0 Å². The van der Waals surface area contributed by atoms with E-state index in [1.54, 1.807) is 11.8 Å². The summed E-state index contributed by atoms with van der Waals surface area (Å²) in [5, 5.41) is 11.2. The number of halogens is 1. The van der Waals surface area contributed by atoms with Crippen molar-refractivity contribution in [2.24, 2.45) is 0 Å². The molecule has 6 heteroatoms. The molecule has 0 aliphatic heterocycles. The first-order chi connectivity index (χ1) is 8.65. The van der Waals surface area contributed by atoms with Crippen molar-refractivity contribution < 1.29 is 14.3 Å². The second-order valence-electron chi connectivity index (χ2n) is 3.68. The van der Waals surface area contributed by atoms with Crippen LogP contribution in [0.2, 0.25) is 0 Å². The lowest BCUT2D eigenvalue weighted by Crippen LogP contribution is -2.26. The van der Waals surface area contributed by atoms with Gasteiger partial charge in [0.25, 0.3) is 5.91 Å². The number of nitrogen functional groups attached to an aromatic ring is 1. The van der Waals surface area contributed by atoms with Gasteiger partial charge in [-0.1, -0.05) is 0 Å². The summed E-state index contributed by atoms with van der Waals surface area (Å²) in [5.74, 6) is 0.543. The summed E-state index contributed by atoms with van der Waals surface area (Å²) in [6, 6.07) is 4.00. The van der Waals surface area contributed by atoms with Gasteiger partial charge >= 0.3 is 0 Å². The maximum atomic E-state index is 13.4. The summed E-state index contributed by atoms with van der Waals surface area (Å²) in [4.78, 5) is 11.6. The number of aliphatic hydroxyl groups is 1. The van der Waals surface area contributed by atoms with Gasteiger partial charge in [0.15, 0.2) is 0 Å². The van der Waals surface area contributed by atoms with Crippen LogP contribution in [0.4, 0.5) is 10.1 Å². The first kappa shape index (κ1) is 14.8. The van der Waals surface area contributed by atoms with E-state index in [4.69, 9.17) is 10.8 Å². The molecular weight excluding hydrogens is 255 g/mol. The van der Waals surface area contributed by atoms with Crippen LogP contribution in [0.15, 0.2) is 18.2 Å². The van der Waals surface area contributed by atoms with Gasteiger partial charge in [-0.15, -0.1) is 0 Å². The molecule has 18 heavy (non-hydrogen) atoms. The highest BCUT2D eigenvalue weighted by atomic mass is 32.2. The van der Waals surface area contributed by atoms with Crippen LogP contribution in [-0.4, -0.2) is 35.7 Å². The Kier molecular flexibility index (Phi) is 6.53. The van der Waals surface area contributed by atoms with E-state index < -0.39 is 11.7 Å². The van der Waals surface area contributed by atoms with E-state index >= 15 is 0 Å². The number of nitrogens with one attached hydrogen (secondary N) is 1. The van der Waals surface area contributed by atoms with Crippen molar-refractivity contribution in [1.29, 1.82) is 0 Å². The van der Waals surface area contributed by atoms with Crippen LogP contribution in [0, 0.1) is 5.82 Å². The average Bonchev–Trinajstić information content (AvgIpc) is 2.33. The van der Waals surface area contributed by atoms with Crippen LogP contribution in [0.1, 0.15) is 16.8 Å². The zero-order chi connectivity index (χ0) is 13.4. The lowest BCUT2D eigenvalue weighted by atomic mass is 10.2. The van der Waals surface area contributed by atoms with Crippen molar-refractivity contribution in [2.75, 3.05) is 30.4 Å². The second kappa shape index (κ2) is 7.94. The number of benzene rings is 1. The maximum Gasteiger partial charge on any atom is 0.254 e. The maximum absolute atomic E-state index is 13.4. The Bertz CT molecular complexity index is 402. The molecule has 0 heterocycles.